The first-order chi connectivity index (χ1) is 13.5. The highest BCUT2D eigenvalue weighted by molar-refractivity contribution is 7.84. The number of fused-ring (bicyclic) bond motifs is 1. The number of benzene rings is 1. The average Bonchev–Trinajstić information content (AvgIpc) is 3.07. The second kappa shape index (κ2) is 7.69. The van der Waals surface area contributed by atoms with Gasteiger partial charge in [0, 0.05) is 17.8 Å². The molecular weight excluding hydrogens is 414 g/mol. The Hall–Kier alpha value is -2.56. The maximum Gasteiger partial charge on any atom is 0.461 e. The summed E-state index contributed by atoms with van der Waals surface area (Å²) in [6, 6.07) is 3.52. The minimum Gasteiger partial charge on any atom is -0.497 e. The number of halogens is 4. The standard InChI is InChI=1S/C18H19F4N3O3S/c1-10-8-23-17(2,7-14(10)27-3)9-29(26)16-24-12-5-4-11(6-13(12)25-16)28-18(21,22)15(19)20/h4-8,15,23H,9H2,1-3H3,(H,24,25). The van der Waals surface area contributed by atoms with Crippen LogP contribution in [0, 0.1) is 0 Å². The first kappa shape index (κ1) is 21.2. The lowest BCUT2D eigenvalue weighted by Gasteiger charge is -2.30. The molecule has 0 bridgehead atoms. The zero-order valence-electron chi connectivity index (χ0n) is 15.8. The molecule has 0 saturated carbocycles. The van der Waals surface area contributed by atoms with E-state index in [-0.39, 0.29) is 16.4 Å². The fourth-order valence-corrected chi connectivity index (χ4v) is 4.04. The first-order valence-electron chi connectivity index (χ1n) is 8.48. The number of methoxy groups -OCH3 is 1. The average molecular weight is 433 g/mol. The molecule has 2 atom stereocenters. The van der Waals surface area contributed by atoms with Gasteiger partial charge in [0.05, 0.1) is 40.2 Å². The van der Waals surface area contributed by atoms with Crippen molar-refractivity contribution in [1.29, 1.82) is 0 Å². The minimum atomic E-state index is -4.61. The molecule has 0 spiro atoms. The molecule has 11 heteroatoms. The van der Waals surface area contributed by atoms with Crippen LogP contribution in [0.25, 0.3) is 11.0 Å². The summed E-state index contributed by atoms with van der Waals surface area (Å²) in [5.74, 6) is 0.351. The van der Waals surface area contributed by atoms with Gasteiger partial charge in [0.15, 0.2) is 5.16 Å². The number of nitrogens with zero attached hydrogens (tertiary/aromatic N) is 1. The molecule has 3 rings (SSSR count). The van der Waals surface area contributed by atoms with E-state index in [9.17, 15) is 21.8 Å². The van der Waals surface area contributed by atoms with Crippen LogP contribution in [-0.4, -0.2) is 45.1 Å². The molecular formula is C18H19F4N3O3S. The Morgan fingerprint density at radius 2 is 2.07 bits per heavy atom. The van der Waals surface area contributed by atoms with Gasteiger partial charge in [-0.05, 0) is 32.1 Å². The Balaban J connectivity index is 1.80. The van der Waals surface area contributed by atoms with E-state index in [0.717, 1.165) is 17.7 Å². The molecule has 29 heavy (non-hydrogen) atoms. The zero-order valence-corrected chi connectivity index (χ0v) is 16.6. The molecule has 0 amide bonds. The SMILES string of the molecule is COC1=CC(C)(CS(=O)c2nc3ccc(OC(F)(F)C(F)F)cc3[nH]2)NC=C1C. The van der Waals surface area contributed by atoms with Gasteiger partial charge in [0.25, 0.3) is 0 Å². The summed E-state index contributed by atoms with van der Waals surface area (Å²) in [6.45, 7) is 3.71. The number of aromatic nitrogens is 2. The second-order valence-corrected chi connectivity index (χ2v) is 8.14. The van der Waals surface area contributed by atoms with Crippen molar-refractivity contribution in [2.24, 2.45) is 0 Å². The molecule has 2 heterocycles. The lowest BCUT2D eigenvalue weighted by molar-refractivity contribution is -0.253. The number of allylic oxidation sites excluding steroid dienone is 1. The third-order valence-corrected chi connectivity index (χ3v) is 5.75. The number of aromatic amines is 1. The molecule has 158 valence electrons. The van der Waals surface area contributed by atoms with Gasteiger partial charge < -0.3 is 19.8 Å². The normalized spacial score (nSPS) is 20.8. The molecule has 2 aromatic rings. The lowest BCUT2D eigenvalue weighted by atomic mass is 9.99. The van der Waals surface area contributed by atoms with Crippen LogP contribution in [0.4, 0.5) is 17.6 Å². The van der Waals surface area contributed by atoms with E-state index in [1.165, 1.54) is 6.07 Å². The van der Waals surface area contributed by atoms with Gasteiger partial charge in [-0.15, -0.1) is 0 Å². The Morgan fingerprint density at radius 3 is 2.72 bits per heavy atom. The van der Waals surface area contributed by atoms with Crippen LogP contribution < -0.4 is 10.1 Å². The van der Waals surface area contributed by atoms with Crippen molar-refractivity contribution < 1.29 is 31.2 Å². The first-order valence-corrected chi connectivity index (χ1v) is 9.80. The Morgan fingerprint density at radius 1 is 1.34 bits per heavy atom. The van der Waals surface area contributed by atoms with E-state index in [1.807, 2.05) is 19.9 Å². The number of rotatable bonds is 7. The number of dihydropyridines is 1. The number of alkyl halides is 4. The topological polar surface area (TPSA) is 76.2 Å². The van der Waals surface area contributed by atoms with Crippen LogP contribution in [0.3, 0.4) is 0 Å². The zero-order chi connectivity index (χ0) is 21.4. The fourth-order valence-electron chi connectivity index (χ4n) is 2.77. The largest absolute Gasteiger partial charge is 0.497 e. The van der Waals surface area contributed by atoms with E-state index in [1.54, 1.807) is 13.3 Å². The van der Waals surface area contributed by atoms with Crippen LogP contribution in [0.2, 0.25) is 0 Å². The summed E-state index contributed by atoms with van der Waals surface area (Å²) in [5.41, 5.74) is 0.809. The van der Waals surface area contributed by atoms with E-state index >= 15 is 0 Å². The van der Waals surface area contributed by atoms with Gasteiger partial charge in [-0.3, -0.25) is 4.21 Å². The van der Waals surface area contributed by atoms with E-state index in [4.69, 9.17) is 4.74 Å². The monoisotopic (exact) mass is 433 g/mol. The third-order valence-electron chi connectivity index (χ3n) is 4.26. The highest BCUT2D eigenvalue weighted by Crippen LogP contribution is 2.30. The Kier molecular flexibility index (Phi) is 5.61. The predicted molar refractivity (Wildman–Crippen MR) is 99.3 cm³/mol. The third kappa shape index (κ3) is 4.55. The molecule has 2 N–H and O–H groups in total. The van der Waals surface area contributed by atoms with Gasteiger partial charge >= 0.3 is 12.5 Å². The Bertz CT molecular complexity index is 1010. The van der Waals surface area contributed by atoms with Crippen molar-refractivity contribution >= 4 is 21.8 Å². The van der Waals surface area contributed by atoms with Gasteiger partial charge in [0.1, 0.15) is 11.5 Å². The number of hydrogen-bond donors (Lipinski definition) is 2. The van der Waals surface area contributed by atoms with Crippen LogP contribution in [0.5, 0.6) is 5.75 Å². The molecule has 1 aliphatic rings. The molecule has 6 nitrogen and oxygen atoms in total. The molecule has 1 aromatic heterocycles. The molecule has 0 radical (unpaired) electrons. The van der Waals surface area contributed by atoms with Crippen molar-refractivity contribution in [3.63, 3.8) is 0 Å². The van der Waals surface area contributed by atoms with Crippen molar-refractivity contribution in [2.75, 3.05) is 12.9 Å². The van der Waals surface area contributed by atoms with Gasteiger partial charge in [-0.1, -0.05) is 0 Å². The predicted octanol–water partition coefficient (Wildman–Crippen LogP) is 3.70. The van der Waals surface area contributed by atoms with Crippen molar-refractivity contribution in [3.8, 4) is 5.75 Å². The van der Waals surface area contributed by atoms with Crippen LogP contribution in [-0.2, 0) is 15.5 Å². The molecule has 1 aliphatic heterocycles. The summed E-state index contributed by atoms with van der Waals surface area (Å²) in [7, 11) is -0.0376. The van der Waals surface area contributed by atoms with Crippen molar-refractivity contribution in [2.45, 2.75) is 37.1 Å². The Labute approximate surface area is 166 Å². The van der Waals surface area contributed by atoms with E-state index in [2.05, 4.69) is 20.0 Å². The van der Waals surface area contributed by atoms with E-state index in [0.29, 0.717) is 11.3 Å². The summed E-state index contributed by atoms with van der Waals surface area (Å²) in [4.78, 5) is 6.97. The summed E-state index contributed by atoms with van der Waals surface area (Å²) in [6.07, 6.45) is -4.99. The number of hydrogen-bond acceptors (Lipinski definition) is 5. The summed E-state index contributed by atoms with van der Waals surface area (Å²) < 4.78 is 72.9. The second-order valence-electron chi connectivity index (χ2n) is 6.78. The fraction of sp³-hybridized carbons (Fsp3) is 0.389. The van der Waals surface area contributed by atoms with Crippen LogP contribution >= 0.6 is 0 Å². The molecule has 2 unspecified atom stereocenters. The number of nitrogens with one attached hydrogen (secondary N) is 2. The number of H-pyrrole nitrogens is 1. The number of ether oxygens (including phenoxy) is 2. The van der Waals surface area contributed by atoms with Gasteiger partial charge in [-0.25, -0.2) is 4.98 Å². The van der Waals surface area contributed by atoms with Crippen LogP contribution in [0.15, 0.2) is 47.0 Å². The van der Waals surface area contributed by atoms with Gasteiger partial charge in [-0.2, -0.15) is 17.6 Å². The number of imidazole rings is 1. The molecule has 0 saturated heterocycles. The maximum absolute atomic E-state index is 13.1. The molecule has 0 fully saturated rings. The van der Waals surface area contributed by atoms with Crippen molar-refractivity contribution in [1.82, 2.24) is 15.3 Å². The molecule has 1 aromatic carbocycles. The smallest absolute Gasteiger partial charge is 0.461 e. The summed E-state index contributed by atoms with van der Waals surface area (Å²) >= 11 is 0. The highest BCUT2D eigenvalue weighted by Gasteiger charge is 2.44. The van der Waals surface area contributed by atoms with Crippen molar-refractivity contribution in [3.05, 3.63) is 41.8 Å². The van der Waals surface area contributed by atoms with Gasteiger partial charge in [0.2, 0.25) is 0 Å². The lowest BCUT2D eigenvalue weighted by Crippen LogP contribution is -2.44. The summed E-state index contributed by atoms with van der Waals surface area (Å²) in [5, 5.41) is 3.29. The quantitative estimate of drug-likeness (QED) is 0.652. The van der Waals surface area contributed by atoms with E-state index < -0.39 is 34.6 Å². The maximum atomic E-state index is 13.1. The highest BCUT2D eigenvalue weighted by atomic mass is 32.2. The molecule has 0 aliphatic carbocycles. The van der Waals surface area contributed by atoms with Crippen LogP contribution in [0.1, 0.15) is 13.8 Å². The minimum absolute atomic E-state index is 0.124.